The number of nitrogens with one attached hydrogen (secondary N) is 1. The Morgan fingerprint density at radius 3 is 2.27 bits per heavy atom. The van der Waals surface area contributed by atoms with Gasteiger partial charge in [0.05, 0.1) is 17.2 Å². The summed E-state index contributed by atoms with van der Waals surface area (Å²) in [5.74, 6) is -0.631. The number of carbonyl (C=O) groups is 2. The monoisotopic (exact) mass is 619 g/mol. The first-order valence-corrected chi connectivity index (χ1v) is 15.5. The molecular formula is C30H35Cl2N3O5S. The van der Waals surface area contributed by atoms with E-state index in [9.17, 15) is 18.0 Å². The van der Waals surface area contributed by atoms with E-state index in [1.54, 1.807) is 75.4 Å². The van der Waals surface area contributed by atoms with Gasteiger partial charge in [-0.3, -0.25) is 13.9 Å². The number of halogens is 2. The predicted octanol–water partition coefficient (Wildman–Crippen LogP) is 5.84. The van der Waals surface area contributed by atoms with Crippen LogP contribution in [-0.4, -0.2) is 50.9 Å². The zero-order valence-corrected chi connectivity index (χ0v) is 25.9. The molecule has 3 rings (SSSR count). The van der Waals surface area contributed by atoms with Crippen molar-refractivity contribution >= 4 is 50.7 Å². The van der Waals surface area contributed by atoms with Gasteiger partial charge in [0.15, 0.2) is 0 Å². The molecule has 41 heavy (non-hydrogen) atoms. The number of rotatable bonds is 13. The minimum absolute atomic E-state index is 0.0188. The maximum Gasteiger partial charge on any atom is 0.264 e. The van der Waals surface area contributed by atoms with Gasteiger partial charge in [-0.25, -0.2) is 8.42 Å². The largest absolute Gasteiger partial charge is 0.492 e. The van der Waals surface area contributed by atoms with E-state index >= 15 is 0 Å². The van der Waals surface area contributed by atoms with Crippen molar-refractivity contribution < 1.29 is 22.7 Å². The Kier molecular flexibility index (Phi) is 11.5. The highest BCUT2D eigenvalue weighted by molar-refractivity contribution is 7.92. The Morgan fingerprint density at radius 2 is 1.66 bits per heavy atom. The smallest absolute Gasteiger partial charge is 0.264 e. The number of hydrogen-bond donors (Lipinski definition) is 1. The van der Waals surface area contributed by atoms with Gasteiger partial charge < -0.3 is 15.0 Å². The molecule has 1 atom stereocenters. The van der Waals surface area contributed by atoms with Gasteiger partial charge in [0.1, 0.15) is 18.3 Å². The molecule has 2 amide bonds. The highest BCUT2D eigenvalue weighted by Gasteiger charge is 2.34. The summed E-state index contributed by atoms with van der Waals surface area (Å²) in [6, 6.07) is 17.0. The van der Waals surface area contributed by atoms with E-state index in [2.05, 4.69) is 5.32 Å². The van der Waals surface area contributed by atoms with E-state index in [0.717, 1.165) is 9.87 Å². The van der Waals surface area contributed by atoms with Crippen LogP contribution in [-0.2, 0) is 26.2 Å². The third kappa shape index (κ3) is 7.93. The summed E-state index contributed by atoms with van der Waals surface area (Å²) >= 11 is 12.5. The average molecular weight is 621 g/mol. The van der Waals surface area contributed by atoms with Crippen LogP contribution in [0.4, 0.5) is 5.69 Å². The third-order valence-corrected chi connectivity index (χ3v) is 8.78. The molecule has 220 valence electrons. The quantitative estimate of drug-likeness (QED) is 0.259. The first-order chi connectivity index (χ1) is 19.5. The number of aryl methyl sites for hydroxylation is 1. The van der Waals surface area contributed by atoms with Crippen LogP contribution in [0.1, 0.15) is 38.3 Å². The van der Waals surface area contributed by atoms with Crippen LogP contribution >= 0.6 is 23.2 Å². The number of amides is 2. The molecule has 0 spiro atoms. The van der Waals surface area contributed by atoms with Crippen molar-refractivity contribution in [3.63, 3.8) is 0 Å². The summed E-state index contributed by atoms with van der Waals surface area (Å²) in [7, 11) is -4.23. The molecule has 0 aliphatic heterocycles. The van der Waals surface area contributed by atoms with E-state index in [-0.39, 0.29) is 23.0 Å². The number of carbonyl (C=O) groups excluding carboxylic acids is 2. The molecule has 3 aromatic carbocycles. The van der Waals surface area contributed by atoms with Crippen molar-refractivity contribution in [2.45, 2.75) is 51.6 Å². The van der Waals surface area contributed by atoms with Crippen LogP contribution in [0.5, 0.6) is 5.75 Å². The molecule has 0 aromatic heterocycles. The van der Waals surface area contributed by atoms with Gasteiger partial charge in [-0.2, -0.15) is 0 Å². The first kappa shape index (κ1) is 32.2. The van der Waals surface area contributed by atoms with Crippen molar-refractivity contribution in [1.82, 2.24) is 10.2 Å². The molecule has 0 bridgehead atoms. The van der Waals surface area contributed by atoms with Gasteiger partial charge in [0.2, 0.25) is 11.8 Å². The fourth-order valence-electron chi connectivity index (χ4n) is 4.34. The predicted molar refractivity (Wildman–Crippen MR) is 163 cm³/mol. The summed E-state index contributed by atoms with van der Waals surface area (Å²) < 4.78 is 34.9. The molecule has 0 saturated carbocycles. The lowest BCUT2D eigenvalue weighted by atomic mass is 10.1. The molecule has 0 aliphatic carbocycles. The Hall–Kier alpha value is -3.27. The van der Waals surface area contributed by atoms with Crippen LogP contribution in [0.25, 0.3) is 0 Å². The number of benzene rings is 3. The van der Waals surface area contributed by atoms with E-state index in [1.807, 2.05) is 6.92 Å². The minimum Gasteiger partial charge on any atom is -0.492 e. The fourth-order valence-corrected chi connectivity index (χ4v) is 6.23. The van der Waals surface area contributed by atoms with Crippen molar-refractivity contribution in [3.8, 4) is 5.75 Å². The maximum absolute atomic E-state index is 14.1. The van der Waals surface area contributed by atoms with Gasteiger partial charge in [0.25, 0.3) is 10.0 Å². The minimum atomic E-state index is -4.23. The molecule has 0 radical (unpaired) electrons. The molecule has 8 nitrogen and oxygen atoms in total. The number of sulfonamides is 1. The molecular weight excluding hydrogens is 585 g/mol. The lowest BCUT2D eigenvalue weighted by Gasteiger charge is -2.33. The van der Waals surface area contributed by atoms with E-state index in [0.29, 0.717) is 40.9 Å². The standard InChI is InChI=1S/C30H35Cl2N3O5S/c1-5-26(30(37)33-6-2)34(19-22-14-15-23(31)18-25(22)32)29(36)20-35(27-10-8-9-11-28(27)40-7-3)41(38,39)24-16-12-21(4)13-17-24/h8-18,26H,5-7,19-20H2,1-4H3,(H,33,37)/t26-/m1/s1. The van der Waals surface area contributed by atoms with Crippen LogP contribution < -0.4 is 14.4 Å². The van der Waals surface area contributed by atoms with Crippen molar-refractivity contribution in [2.24, 2.45) is 0 Å². The summed E-state index contributed by atoms with van der Waals surface area (Å²) in [5, 5.41) is 3.53. The number of likely N-dealkylation sites (N-methyl/N-ethyl adjacent to an activating group) is 1. The second kappa shape index (κ2) is 14.6. The molecule has 3 aromatic rings. The molecule has 0 fully saturated rings. The molecule has 0 unspecified atom stereocenters. The Morgan fingerprint density at radius 1 is 0.976 bits per heavy atom. The molecule has 0 heterocycles. The van der Waals surface area contributed by atoms with Gasteiger partial charge >= 0.3 is 0 Å². The third-order valence-electron chi connectivity index (χ3n) is 6.41. The second-order valence-corrected chi connectivity index (χ2v) is 12.0. The highest BCUT2D eigenvalue weighted by Crippen LogP contribution is 2.33. The number of anilines is 1. The second-order valence-electron chi connectivity index (χ2n) is 9.30. The van der Waals surface area contributed by atoms with E-state index in [4.69, 9.17) is 27.9 Å². The molecule has 0 saturated heterocycles. The van der Waals surface area contributed by atoms with E-state index < -0.39 is 28.5 Å². The van der Waals surface area contributed by atoms with Crippen molar-refractivity contribution in [3.05, 3.63) is 87.9 Å². The SMILES string of the molecule is CCNC(=O)[C@@H](CC)N(Cc1ccc(Cl)cc1Cl)C(=O)CN(c1ccccc1OCC)S(=O)(=O)c1ccc(C)cc1. The van der Waals surface area contributed by atoms with Crippen LogP contribution in [0.15, 0.2) is 71.6 Å². The molecule has 0 aliphatic rings. The summed E-state index contributed by atoms with van der Waals surface area (Å²) in [5.41, 5.74) is 1.66. The van der Waals surface area contributed by atoms with Crippen LogP contribution in [0, 0.1) is 6.92 Å². The zero-order valence-electron chi connectivity index (χ0n) is 23.6. The Labute approximate surface area is 252 Å². The van der Waals surface area contributed by atoms with Crippen LogP contribution in [0.2, 0.25) is 10.0 Å². The van der Waals surface area contributed by atoms with Crippen molar-refractivity contribution in [1.29, 1.82) is 0 Å². The van der Waals surface area contributed by atoms with Gasteiger partial charge in [-0.05, 0) is 69.2 Å². The first-order valence-electron chi connectivity index (χ1n) is 13.4. The highest BCUT2D eigenvalue weighted by atomic mass is 35.5. The lowest BCUT2D eigenvalue weighted by molar-refractivity contribution is -0.140. The summed E-state index contributed by atoms with van der Waals surface area (Å²) in [6.45, 7) is 7.26. The lowest BCUT2D eigenvalue weighted by Crippen LogP contribution is -2.52. The summed E-state index contributed by atoms with van der Waals surface area (Å²) in [6.07, 6.45) is 0.295. The van der Waals surface area contributed by atoms with E-state index in [1.165, 1.54) is 17.0 Å². The van der Waals surface area contributed by atoms with Gasteiger partial charge in [0, 0.05) is 23.1 Å². The number of para-hydroxylation sites is 2. The maximum atomic E-state index is 14.1. The zero-order chi connectivity index (χ0) is 30.2. The van der Waals surface area contributed by atoms with Crippen LogP contribution in [0.3, 0.4) is 0 Å². The topological polar surface area (TPSA) is 96.0 Å². The van der Waals surface area contributed by atoms with Crippen molar-refractivity contribution in [2.75, 3.05) is 24.0 Å². The number of nitrogens with zero attached hydrogens (tertiary/aromatic N) is 2. The number of hydrogen-bond acceptors (Lipinski definition) is 5. The average Bonchev–Trinajstić information content (AvgIpc) is 2.93. The molecule has 1 N–H and O–H groups in total. The Bertz CT molecular complexity index is 1470. The molecule has 11 heteroatoms. The van der Waals surface area contributed by atoms with Gasteiger partial charge in [-0.1, -0.05) is 66.0 Å². The number of ether oxygens (including phenoxy) is 1. The normalized spacial score (nSPS) is 12.0. The fraction of sp³-hybridized carbons (Fsp3) is 0.333. The Balaban J connectivity index is 2.13. The summed E-state index contributed by atoms with van der Waals surface area (Å²) in [4.78, 5) is 28.6. The van der Waals surface area contributed by atoms with Gasteiger partial charge in [-0.15, -0.1) is 0 Å².